The normalized spacial score (nSPS) is 17.4. The van der Waals surface area contributed by atoms with Gasteiger partial charge in [-0.25, -0.2) is 0 Å². The van der Waals surface area contributed by atoms with Gasteiger partial charge in [-0.15, -0.1) is 0 Å². The summed E-state index contributed by atoms with van der Waals surface area (Å²) in [5.74, 6) is -0.0290. The second-order valence-corrected chi connectivity index (χ2v) is 7.48. The maximum atomic E-state index is 13.2. The number of rotatable bonds is 9. The van der Waals surface area contributed by atoms with E-state index in [1.165, 1.54) is 12.1 Å². The van der Waals surface area contributed by atoms with Gasteiger partial charge in [0.15, 0.2) is 0 Å². The second kappa shape index (κ2) is 8.94. The van der Waals surface area contributed by atoms with E-state index in [9.17, 15) is 22.8 Å². The largest absolute Gasteiger partial charge is 0.416 e. The van der Waals surface area contributed by atoms with Crippen molar-refractivity contribution in [2.75, 3.05) is 26.2 Å². The zero-order chi connectivity index (χ0) is 20.1. The molecule has 1 aliphatic carbocycles. The van der Waals surface area contributed by atoms with Crippen molar-refractivity contribution in [3.63, 3.8) is 0 Å². The molecule has 3 rings (SSSR count). The molecule has 0 atom stereocenters. The first-order valence-electron chi connectivity index (χ1n) is 9.78. The summed E-state index contributed by atoms with van der Waals surface area (Å²) in [6.07, 6.45) is -0.432. The minimum absolute atomic E-state index is 0.0828. The van der Waals surface area contributed by atoms with Gasteiger partial charge in [0.05, 0.1) is 12.1 Å². The molecule has 1 saturated carbocycles. The van der Waals surface area contributed by atoms with Crippen LogP contribution in [-0.2, 0) is 22.3 Å². The molecule has 2 amide bonds. The molecular weight excluding hydrogens is 371 g/mol. The molecule has 1 saturated heterocycles. The first-order chi connectivity index (χ1) is 13.3. The van der Waals surface area contributed by atoms with Crippen molar-refractivity contribution < 1.29 is 22.8 Å². The Hall–Kier alpha value is -2.09. The molecule has 0 unspecified atom stereocenters. The van der Waals surface area contributed by atoms with Gasteiger partial charge < -0.3 is 10.2 Å². The quantitative estimate of drug-likeness (QED) is 0.652. The van der Waals surface area contributed by atoms with Crippen molar-refractivity contribution >= 4 is 11.8 Å². The third-order valence-electron chi connectivity index (χ3n) is 5.20. The van der Waals surface area contributed by atoms with Gasteiger partial charge in [0, 0.05) is 38.6 Å². The molecule has 2 aliphatic rings. The molecule has 2 fully saturated rings. The van der Waals surface area contributed by atoms with Crippen LogP contribution < -0.4 is 5.32 Å². The van der Waals surface area contributed by atoms with Gasteiger partial charge in [-0.1, -0.05) is 18.2 Å². The van der Waals surface area contributed by atoms with Crippen molar-refractivity contribution in [2.24, 2.45) is 0 Å². The smallest absolute Gasteiger partial charge is 0.355 e. The predicted octanol–water partition coefficient (Wildman–Crippen LogP) is 2.80. The number of halogens is 3. The van der Waals surface area contributed by atoms with Crippen molar-refractivity contribution in [2.45, 2.75) is 50.9 Å². The molecule has 0 aromatic heterocycles. The van der Waals surface area contributed by atoms with Gasteiger partial charge in [-0.2, -0.15) is 13.2 Å². The highest BCUT2D eigenvalue weighted by Crippen LogP contribution is 2.34. The number of likely N-dealkylation sites (tertiary alicyclic amines) is 1. The Morgan fingerprint density at radius 1 is 1.25 bits per heavy atom. The summed E-state index contributed by atoms with van der Waals surface area (Å²) in [5, 5.41) is 2.82. The monoisotopic (exact) mass is 397 g/mol. The maximum Gasteiger partial charge on any atom is 0.416 e. The lowest BCUT2D eigenvalue weighted by molar-refractivity contribution is -0.138. The lowest BCUT2D eigenvalue weighted by atomic mass is 10.1. The number of hydrogen-bond acceptors (Lipinski definition) is 3. The van der Waals surface area contributed by atoms with Crippen LogP contribution in [-0.4, -0.2) is 53.8 Å². The molecular formula is C20H26F3N3O2. The summed E-state index contributed by atoms with van der Waals surface area (Å²) in [6.45, 7) is 2.06. The molecule has 0 bridgehead atoms. The maximum absolute atomic E-state index is 13.2. The van der Waals surface area contributed by atoms with Gasteiger partial charge in [0.2, 0.25) is 11.8 Å². The van der Waals surface area contributed by atoms with E-state index in [2.05, 4.69) is 5.32 Å². The number of hydrogen-bond donors (Lipinski definition) is 1. The molecule has 1 aliphatic heterocycles. The van der Waals surface area contributed by atoms with Gasteiger partial charge in [-0.3, -0.25) is 14.5 Å². The highest BCUT2D eigenvalue weighted by molar-refractivity contribution is 5.78. The molecule has 1 aromatic carbocycles. The Labute approximate surface area is 162 Å². The third kappa shape index (κ3) is 5.70. The Morgan fingerprint density at radius 2 is 2.00 bits per heavy atom. The molecule has 0 spiro atoms. The van der Waals surface area contributed by atoms with Crippen LogP contribution in [0.15, 0.2) is 24.3 Å². The molecule has 8 heteroatoms. The van der Waals surface area contributed by atoms with Crippen molar-refractivity contribution in [1.29, 1.82) is 0 Å². The molecule has 154 valence electrons. The van der Waals surface area contributed by atoms with Crippen LogP contribution in [0.1, 0.15) is 43.2 Å². The van der Waals surface area contributed by atoms with Crippen LogP contribution in [0.2, 0.25) is 0 Å². The van der Waals surface area contributed by atoms with Gasteiger partial charge in [-0.05, 0) is 37.3 Å². The van der Waals surface area contributed by atoms with Crippen LogP contribution in [0.25, 0.3) is 0 Å². The van der Waals surface area contributed by atoms with E-state index in [-0.39, 0.29) is 36.5 Å². The summed E-state index contributed by atoms with van der Waals surface area (Å²) >= 11 is 0. The van der Waals surface area contributed by atoms with E-state index < -0.39 is 11.7 Å². The average Bonchev–Trinajstić information content (AvgIpc) is 3.41. The standard InChI is InChI=1S/C20H26F3N3O2/c21-20(22,23)17-6-2-1-5-15(17)13-26(16-8-9-16)14-18(27)24-10-4-12-25-11-3-7-19(25)28/h1-2,5-6,16H,3-4,7-14H2,(H,24,27). The van der Waals surface area contributed by atoms with E-state index >= 15 is 0 Å². The van der Waals surface area contributed by atoms with E-state index in [0.29, 0.717) is 25.9 Å². The average molecular weight is 397 g/mol. The molecule has 28 heavy (non-hydrogen) atoms. The van der Waals surface area contributed by atoms with Crippen LogP contribution in [0, 0.1) is 0 Å². The fraction of sp³-hybridized carbons (Fsp3) is 0.600. The summed E-state index contributed by atoms with van der Waals surface area (Å²) in [4.78, 5) is 27.4. The lowest BCUT2D eigenvalue weighted by Gasteiger charge is -2.23. The molecule has 1 aromatic rings. The predicted molar refractivity (Wildman–Crippen MR) is 98.3 cm³/mol. The Kier molecular flexibility index (Phi) is 6.59. The molecule has 1 heterocycles. The zero-order valence-corrected chi connectivity index (χ0v) is 15.8. The van der Waals surface area contributed by atoms with Gasteiger partial charge in [0.1, 0.15) is 0 Å². The molecule has 5 nitrogen and oxygen atoms in total. The fourth-order valence-corrected chi connectivity index (χ4v) is 3.59. The first-order valence-corrected chi connectivity index (χ1v) is 9.78. The molecule has 0 radical (unpaired) electrons. The Bertz CT molecular complexity index is 704. The zero-order valence-electron chi connectivity index (χ0n) is 15.8. The van der Waals surface area contributed by atoms with Gasteiger partial charge >= 0.3 is 6.18 Å². The summed E-state index contributed by atoms with van der Waals surface area (Å²) in [7, 11) is 0. The van der Waals surface area contributed by atoms with Crippen LogP contribution in [0.5, 0.6) is 0 Å². The summed E-state index contributed by atoms with van der Waals surface area (Å²) in [5.41, 5.74) is -0.446. The SMILES string of the molecule is O=C(CN(Cc1ccccc1C(F)(F)F)C1CC1)NCCCN1CCCC1=O. The Morgan fingerprint density at radius 3 is 2.64 bits per heavy atom. The number of carbonyl (C=O) groups excluding carboxylic acids is 2. The first kappa shape index (κ1) is 20.6. The number of alkyl halides is 3. The van der Waals surface area contributed by atoms with Crippen molar-refractivity contribution in [3.05, 3.63) is 35.4 Å². The van der Waals surface area contributed by atoms with Crippen LogP contribution in [0.3, 0.4) is 0 Å². The second-order valence-electron chi connectivity index (χ2n) is 7.48. The fourth-order valence-electron chi connectivity index (χ4n) is 3.59. The van der Waals surface area contributed by atoms with Crippen LogP contribution in [0.4, 0.5) is 13.2 Å². The number of benzene rings is 1. The third-order valence-corrected chi connectivity index (χ3v) is 5.20. The summed E-state index contributed by atoms with van der Waals surface area (Å²) < 4.78 is 39.6. The highest BCUT2D eigenvalue weighted by atomic mass is 19.4. The topological polar surface area (TPSA) is 52.7 Å². The van der Waals surface area contributed by atoms with E-state index in [1.807, 2.05) is 4.90 Å². The van der Waals surface area contributed by atoms with E-state index in [1.54, 1.807) is 11.0 Å². The number of amides is 2. The number of nitrogens with one attached hydrogen (secondary N) is 1. The summed E-state index contributed by atoms with van der Waals surface area (Å²) in [6, 6.07) is 5.69. The van der Waals surface area contributed by atoms with Crippen molar-refractivity contribution in [3.8, 4) is 0 Å². The minimum atomic E-state index is -4.40. The van der Waals surface area contributed by atoms with E-state index in [0.717, 1.165) is 31.9 Å². The number of carbonyl (C=O) groups is 2. The van der Waals surface area contributed by atoms with Crippen LogP contribution >= 0.6 is 0 Å². The molecule has 1 N–H and O–H groups in total. The lowest BCUT2D eigenvalue weighted by Crippen LogP contribution is -2.39. The van der Waals surface area contributed by atoms with E-state index in [4.69, 9.17) is 0 Å². The highest BCUT2D eigenvalue weighted by Gasteiger charge is 2.35. The van der Waals surface area contributed by atoms with Gasteiger partial charge in [0.25, 0.3) is 0 Å². The van der Waals surface area contributed by atoms with Crippen molar-refractivity contribution in [1.82, 2.24) is 15.1 Å². The number of nitrogens with zero attached hydrogens (tertiary/aromatic N) is 2. The minimum Gasteiger partial charge on any atom is -0.355 e. The Balaban J connectivity index is 1.48.